The predicted octanol–water partition coefficient (Wildman–Crippen LogP) is 4.87. The number of nitrogens with zero attached hydrogens (tertiary/aromatic N) is 1. The van der Waals surface area contributed by atoms with Crippen LogP contribution in [0.5, 0.6) is 11.5 Å². The molecular formula is C18H14BrNO3S2. The molecule has 1 aliphatic heterocycles. The number of carbonyl (C=O) groups is 1. The van der Waals surface area contributed by atoms with Crippen LogP contribution in [0.2, 0.25) is 0 Å². The van der Waals surface area contributed by atoms with Gasteiger partial charge < -0.3 is 9.47 Å². The van der Waals surface area contributed by atoms with E-state index in [0.29, 0.717) is 20.7 Å². The zero-order valence-electron chi connectivity index (χ0n) is 13.5. The number of rotatable bonds is 4. The Kier molecular flexibility index (Phi) is 5.46. The number of hydrogen-bond donors (Lipinski definition) is 0. The zero-order chi connectivity index (χ0) is 18.0. The van der Waals surface area contributed by atoms with E-state index in [4.69, 9.17) is 21.7 Å². The van der Waals surface area contributed by atoms with E-state index in [1.54, 1.807) is 26.4 Å². The van der Waals surface area contributed by atoms with Crippen LogP contribution in [0.3, 0.4) is 0 Å². The van der Waals surface area contributed by atoms with Crippen LogP contribution in [-0.2, 0) is 4.79 Å². The number of methoxy groups -OCH3 is 2. The Morgan fingerprint density at radius 2 is 1.96 bits per heavy atom. The van der Waals surface area contributed by atoms with Gasteiger partial charge in [0.2, 0.25) is 0 Å². The number of amides is 1. The van der Waals surface area contributed by atoms with E-state index in [9.17, 15) is 4.79 Å². The Labute approximate surface area is 163 Å². The highest BCUT2D eigenvalue weighted by molar-refractivity contribution is 9.10. The molecule has 0 aliphatic carbocycles. The van der Waals surface area contributed by atoms with Gasteiger partial charge in [-0.05, 0) is 36.4 Å². The number of benzene rings is 2. The molecule has 0 atom stereocenters. The topological polar surface area (TPSA) is 38.8 Å². The van der Waals surface area contributed by atoms with Crippen LogP contribution < -0.4 is 14.4 Å². The first kappa shape index (κ1) is 18.0. The minimum atomic E-state index is -0.147. The smallest absolute Gasteiger partial charge is 0.270 e. The first-order chi connectivity index (χ1) is 12.0. The highest BCUT2D eigenvalue weighted by atomic mass is 79.9. The van der Waals surface area contributed by atoms with Crippen LogP contribution in [0.15, 0.2) is 51.8 Å². The summed E-state index contributed by atoms with van der Waals surface area (Å²) >= 11 is 10.1. The van der Waals surface area contributed by atoms with Crippen LogP contribution in [0, 0.1) is 0 Å². The third-order valence-electron chi connectivity index (χ3n) is 3.59. The molecule has 2 aromatic carbocycles. The van der Waals surface area contributed by atoms with E-state index < -0.39 is 0 Å². The number of thioether (sulfide) groups is 1. The third kappa shape index (κ3) is 3.73. The molecule has 7 heteroatoms. The molecule has 3 rings (SSSR count). The fourth-order valence-corrected chi connectivity index (χ4v) is 4.06. The summed E-state index contributed by atoms with van der Waals surface area (Å²) in [4.78, 5) is 14.9. The van der Waals surface area contributed by atoms with Gasteiger partial charge in [-0.2, -0.15) is 0 Å². The van der Waals surface area contributed by atoms with Crippen molar-refractivity contribution >= 4 is 61.9 Å². The molecule has 0 aromatic heterocycles. The number of anilines is 1. The minimum absolute atomic E-state index is 0.147. The first-order valence-electron chi connectivity index (χ1n) is 7.29. The van der Waals surface area contributed by atoms with Crippen LogP contribution in [0.1, 0.15) is 5.56 Å². The van der Waals surface area contributed by atoms with Crippen LogP contribution in [0.25, 0.3) is 6.08 Å². The lowest BCUT2D eigenvalue weighted by Crippen LogP contribution is -2.27. The second kappa shape index (κ2) is 7.59. The van der Waals surface area contributed by atoms with Crippen molar-refractivity contribution < 1.29 is 14.3 Å². The van der Waals surface area contributed by atoms with Gasteiger partial charge in [0.25, 0.3) is 5.91 Å². The maximum atomic E-state index is 12.8. The summed E-state index contributed by atoms with van der Waals surface area (Å²) in [5.74, 6) is 1.17. The average Bonchev–Trinajstić information content (AvgIpc) is 2.88. The molecule has 1 saturated heterocycles. The van der Waals surface area contributed by atoms with Gasteiger partial charge in [-0.3, -0.25) is 9.69 Å². The molecule has 128 valence electrons. The van der Waals surface area contributed by atoms with Gasteiger partial charge in [-0.1, -0.05) is 46.0 Å². The summed E-state index contributed by atoms with van der Waals surface area (Å²) in [6.45, 7) is 0. The summed E-state index contributed by atoms with van der Waals surface area (Å²) in [7, 11) is 3.18. The van der Waals surface area contributed by atoms with Crippen molar-refractivity contribution in [2.75, 3.05) is 19.1 Å². The van der Waals surface area contributed by atoms with Gasteiger partial charge >= 0.3 is 0 Å². The fourth-order valence-electron chi connectivity index (χ4n) is 2.38. The summed E-state index contributed by atoms with van der Waals surface area (Å²) in [5, 5.41) is 0. The molecule has 1 heterocycles. The molecule has 1 amide bonds. The summed E-state index contributed by atoms with van der Waals surface area (Å²) < 4.78 is 12.0. The monoisotopic (exact) mass is 435 g/mol. The van der Waals surface area contributed by atoms with Crippen molar-refractivity contribution in [3.63, 3.8) is 0 Å². The van der Waals surface area contributed by atoms with Crippen molar-refractivity contribution in [3.8, 4) is 11.5 Å². The van der Waals surface area contributed by atoms with Gasteiger partial charge in [0.05, 0.1) is 24.8 Å². The Morgan fingerprint density at radius 3 is 2.64 bits per heavy atom. The zero-order valence-corrected chi connectivity index (χ0v) is 16.7. The fraction of sp³-hybridized carbons (Fsp3) is 0.111. The molecule has 0 saturated carbocycles. The molecule has 1 aliphatic rings. The number of thiocarbonyl (C=S) groups is 1. The van der Waals surface area contributed by atoms with Crippen LogP contribution in [0.4, 0.5) is 5.69 Å². The highest BCUT2D eigenvalue weighted by Gasteiger charge is 2.33. The van der Waals surface area contributed by atoms with E-state index >= 15 is 0 Å². The van der Waals surface area contributed by atoms with E-state index in [1.165, 1.54) is 16.7 Å². The van der Waals surface area contributed by atoms with Gasteiger partial charge in [0, 0.05) is 16.1 Å². The van der Waals surface area contributed by atoms with Gasteiger partial charge in [0.1, 0.15) is 11.5 Å². The van der Waals surface area contributed by atoms with E-state index in [-0.39, 0.29) is 5.91 Å². The van der Waals surface area contributed by atoms with E-state index in [0.717, 1.165) is 15.7 Å². The molecule has 0 bridgehead atoms. The Bertz CT molecular complexity index is 882. The van der Waals surface area contributed by atoms with Crippen molar-refractivity contribution in [2.24, 2.45) is 0 Å². The average molecular weight is 436 g/mol. The Balaban J connectivity index is 1.96. The number of carbonyl (C=O) groups excluding carboxylic acids is 1. The molecule has 0 unspecified atom stereocenters. The van der Waals surface area contributed by atoms with Gasteiger partial charge in [0.15, 0.2) is 4.32 Å². The normalized spacial score (nSPS) is 15.8. The highest BCUT2D eigenvalue weighted by Crippen LogP contribution is 2.38. The second-order valence-corrected chi connectivity index (χ2v) is 7.70. The summed E-state index contributed by atoms with van der Waals surface area (Å²) in [5.41, 5.74) is 1.53. The number of ether oxygens (including phenoxy) is 2. The quantitative estimate of drug-likeness (QED) is 0.505. The summed E-state index contributed by atoms with van der Waals surface area (Å²) in [6, 6.07) is 12.9. The van der Waals surface area contributed by atoms with E-state index in [1.807, 2.05) is 36.4 Å². The molecule has 0 radical (unpaired) electrons. The predicted molar refractivity (Wildman–Crippen MR) is 109 cm³/mol. The lowest BCUT2D eigenvalue weighted by molar-refractivity contribution is -0.113. The SMILES string of the molecule is COc1ccc(/C=C2\SC(=S)N(c3cccc(Br)c3)C2=O)c(OC)c1. The lowest BCUT2D eigenvalue weighted by atomic mass is 10.1. The maximum Gasteiger partial charge on any atom is 0.270 e. The Hall–Kier alpha value is -1.83. The van der Waals surface area contributed by atoms with Crippen molar-refractivity contribution in [2.45, 2.75) is 0 Å². The number of hydrogen-bond acceptors (Lipinski definition) is 5. The lowest BCUT2D eigenvalue weighted by Gasteiger charge is -2.14. The molecule has 0 spiro atoms. The van der Waals surface area contributed by atoms with E-state index in [2.05, 4.69) is 15.9 Å². The largest absolute Gasteiger partial charge is 0.497 e. The Morgan fingerprint density at radius 1 is 1.16 bits per heavy atom. The van der Waals surface area contributed by atoms with Crippen LogP contribution in [-0.4, -0.2) is 24.4 Å². The maximum absolute atomic E-state index is 12.8. The molecule has 4 nitrogen and oxygen atoms in total. The summed E-state index contributed by atoms with van der Waals surface area (Å²) in [6.07, 6.45) is 1.79. The van der Waals surface area contributed by atoms with Crippen molar-refractivity contribution in [3.05, 3.63) is 57.4 Å². The molecule has 0 N–H and O–H groups in total. The minimum Gasteiger partial charge on any atom is -0.497 e. The standard InChI is InChI=1S/C18H14BrNO3S2/c1-22-14-7-6-11(15(10-14)23-2)8-16-17(21)20(18(24)25-16)13-5-3-4-12(19)9-13/h3-10H,1-2H3/b16-8-. The molecule has 25 heavy (non-hydrogen) atoms. The molecule has 1 fully saturated rings. The molecular weight excluding hydrogens is 422 g/mol. The van der Waals surface area contributed by atoms with Crippen LogP contribution >= 0.6 is 39.9 Å². The third-order valence-corrected chi connectivity index (χ3v) is 5.38. The first-order valence-corrected chi connectivity index (χ1v) is 9.31. The van der Waals surface area contributed by atoms with Gasteiger partial charge in [-0.15, -0.1) is 0 Å². The second-order valence-electron chi connectivity index (χ2n) is 5.10. The number of halogens is 1. The van der Waals surface area contributed by atoms with Crippen molar-refractivity contribution in [1.82, 2.24) is 0 Å². The molecule has 2 aromatic rings. The van der Waals surface area contributed by atoms with Gasteiger partial charge in [-0.25, -0.2) is 0 Å². The van der Waals surface area contributed by atoms with Crippen molar-refractivity contribution in [1.29, 1.82) is 0 Å².